The van der Waals surface area contributed by atoms with Crippen LogP contribution in [-0.4, -0.2) is 25.0 Å². The molecule has 2 aromatic rings. The van der Waals surface area contributed by atoms with Crippen molar-refractivity contribution in [1.29, 1.82) is 0 Å². The minimum Gasteiger partial charge on any atom is -0.492 e. The SMILES string of the molecule is CCOc1ccccc1NC(=O)C1CC1C(=O)N1CCc2ccccc21. The molecule has 134 valence electrons. The summed E-state index contributed by atoms with van der Waals surface area (Å²) in [5.74, 6) is 0.127. The number of carbonyl (C=O) groups is 2. The van der Waals surface area contributed by atoms with Crippen LogP contribution in [0.5, 0.6) is 5.75 Å². The Balaban J connectivity index is 1.41. The number of hydrogen-bond donors (Lipinski definition) is 1. The van der Waals surface area contributed by atoms with Crippen molar-refractivity contribution < 1.29 is 14.3 Å². The van der Waals surface area contributed by atoms with E-state index >= 15 is 0 Å². The van der Waals surface area contributed by atoms with E-state index in [1.54, 1.807) is 0 Å². The lowest BCUT2D eigenvalue weighted by Crippen LogP contribution is -2.32. The predicted molar refractivity (Wildman–Crippen MR) is 100 cm³/mol. The van der Waals surface area contributed by atoms with Crippen molar-refractivity contribution in [1.82, 2.24) is 0 Å². The number of benzene rings is 2. The van der Waals surface area contributed by atoms with Crippen molar-refractivity contribution in [3.05, 3.63) is 54.1 Å². The average Bonchev–Trinajstić information content (AvgIpc) is 3.35. The summed E-state index contributed by atoms with van der Waals surface area (Å²) < 4.78 is 5.54. The van der Waals surface area contributed by atoms with Crippen LogP contribution in [0.3, 0.4) is 0 Å². The molecule has 0 saturated heterocycles. The molecule has 1 saturated carbocycles. The molecule has 0 bridgehead atoms. The summed E-state index contributed by atoms with van der Waals surface area (Å²) in [7, 11) is 0. The van der Waals surface area contributed by atoms with Crippen molar-refractivity contribution in [3.8, 4) is 5.75 Å². The fourth-order valence-electron chi connectivity index (χ4n) is 3.60. The van der Waals surface area contributed by atoms with Crippen LogP contribution in [0.25, 0.3) is 0 Å². The van der Waals surface area contributed by atoms with Gasteiger partial charge in [0, 0.05) is 12.2 Å². The molecule has 2 unspecified atom stereocenters. The minimum atomic E-state index is -0.259. The van der Waals surface area contributed by atoms with Crippen molar-refractivity contribution in [2.24, 2.45) is 11.8 Å². The lowest BCUT2D eigenvalue weighted by atomic mass is 10.2. The van der Waals surface area contributed by atoms with Crippen LogP contribution in [0.4, 0.5) is 11.4 Å². The number of nitrogens with zero attached hydrogens (tertiary/aromatic N) is 1. The fourth-order valence-corrected chi connectivity index (χ4v) is 3.60. The molecule has 5 heteroatoms. The molecule has 0 radical (unpaired) electrons. The highest BCUT2D eigenvalue weighted by atomic mass is 16.5. The largest absolute Gasteiger partial charge is 0.492 e. The van der Waals surface area contributed by atoms with Crippen LogP contribution in [-0.2, 0) is 16.0 Å². The van der Waals surface area contributed by atoms with Crippen LogP contribution in [0, 0.1) is 11.8 Å². The Morgan fingerprint density at radius 1 is 1.12 bits per heavy atom. The maximum Gasteiger partial charge on any atom is 0.230 e. The average molecular weight is 350 g/mol. The van der Waals surface area contributed by atoms with Crippen LogP contribution in [0.2, 0.25) is 0 Å². The summed E-state index contributed by atoms with van der Waals surface area (Å²) in [6, 6.07) is 15.4. The van der Waals surface area contributed by atoms with Crippen LogP contribution < -0.4 is 15.0 Å². The van der Waals surface area contributed by atoms with Gasteiger partial charge in [-0.3, -0.25) is 9.59 Å². The van der Waals surface area contributed by atoms with E-state index in [2.05, 4.69) is 11.4 Å². The fraction of sp³-hybridized carbons (Fsp3) is 0.333. The zero-order valence-corrected chi connectivity index (χ0v) is 14.8. The van der Waals surface area contributed by atoms with E-state index in [0.29, 0.717) is 31.0 Å². The van der Waals surface area contributed by atoms with Crippen molar-refractivity contribution in [3.63, 3.8) is 0 Å². The summed E-state index contributed by atoms with van der Waals surface area (Å²) in [5.41, 5.74) is 2.85. The second-order valence-electron chi connectivity index (χ2n) is 6.74. The smallest absolute Gasteiger partial charge is 0.230 e. The number of ether oxygens (including phenoxy) is 1. The van der Waals surface area contributed by atoms with Crippen LogP contribution >= 0.6 is 0 Å². The normalized spacial score (nSPS) is 20.4. The summed E-state index contributed by atoms with van der Waals surface area (Å²) in [6.07, 6.45) is 1.49. The van der Waals surface area contributed by atoms with Gasteiger partial charge < -0.3 is 15.0 Å². The second kappa shape index (κ2) is 6.83. The highest BCUT2D eigenvalue weighted by Crippen LogP contribution is 2.43. The monoisotopic (exact) mass is 350 g/mol. The molecular formula is C21H22N2O3. The standard InChI is InChI=1S/C21H22N2O3/c1-2-26-19-10-6-4-8-17(19)22-20(24)15-13-16(15)21(25)23-12-11-14-7-3-5-9-18(14)23/h3-10,15-16H,2,11-13H2,1H3,(H,22,24). The van der Waals surface area contributed by atoms with E-state index in [1.165, 1.54) is 5.56 Å². The summed E-state index contributed by atoms with van der Waals surface area (Å²) >= 11 is 0. The molecule has 1 aliphatic carbocycles. The second-order valence-corrected chi connectivity index (χ2v) is 6.74. The zero-order valence-electron chi connectivity index (χ0n) is 14.8. The van der Waals surface area contributed by atoms with E-state index in [0.717, 1.165) is 12.1 Å². The molecule has 2 aliphatic rings. The van der Waals surface area contributed by atoms with Gasteiger partial charge in [0.15, 0.2) is 0 Å². The maximum atomic E-state index is 12.8. The molecule has 0 aromatic heterocycles. The van der Waals surface area contributed by atoms with E-state index in [-0.39, 0.29) is 23.7 Å². The Kier molecular flexibility index (Phi) is 4.37. The first-order valence-electron chi connectivity index (χ1n) is 9.11. The lowest BCUT2D eigenvalue weighted by Gasteiger charge is -2.17. The van der Waals surface area contributed by atoms with Gasteiger partial charge in [0.25, 0.3) is 0 Å². The zero-order chi connectivity index (χ0) is 18.1. The molecule has 26 heavy (non-hydrogen) atoms. The first-order chi connectivity index (χ1) is 12.7. The topological polar surface area (TPSA) is 58.6 Å². The van der Waals surface area contributed by atoms with Gasteiger partial charge in [-0.05, 0) is 43.5 Å². The van der Waals surface area contributed by atoms with Gasteiger partial charge in [0.05, 0.1) is 24.1 Å². The van der Waals surface area contributed by atoms with Gasteiger partial charge >= 0.3 is 0 Å². The molecule has 1 N–H and O–H groups in total. The third kappa shape index (κ3) is 3.05. The van der Waals surface area contributed by atoms with Gasteiger partial charge in [0.2, 0.25) is 11.8 Å². The molecule has 2 aromatic carbocycles. The molecular weight excluding hydrogens is 328 g/mol. The highest BCUT2D eigenvalue weighted by Gasteiger charge is 2.50. The number of amides is 2. The van der Waals surface area contributed by atoms with E-state index in [4.69, 9.17) is 4.74 Å². The van der Waals surface area contributed by atoms with Crippen LogP contribution in [0.15, 0.2) is 48.5 Å². The summed E-state index contributed by atoms with van der Waals surface area (Å²) in [4.78, 5) is 27.2. The Morgan fingerprint density at radius 3 is 2.73 bits per heavy atom. The van der Waals surface area contributed by atoms with Gasteiger partial charge in [0.1, 0.15) is 5.75 Å². The Labute approximate surface area is 153 Å². The minimum absolute atomic E-state index is 0.0631. The molecule has 0 spiro atoms. The molecule has 1 fully saturated rings. The number of anilines is 2. The first kappa shape index (κ1) is 16.6. The van der Waals surface area contributed by atoms with Gasteiger partial charge in [-0.15, -0.1) is 0 Å². The van der Waals surface area contributed by atoms with Crippen LogP contribution in [0.1, 0.15) is 18.9 Å². The summed E-state index contributed by atoms with van der Waals surface area (Å²) in [5, 5.41) is 2.92. The molecule has 2 amide bonds. The maximum absolute atomic E-state index is 12.8. The molecule has 2 atom stereocenters. The molecule has 1 heterocycles. The first-order valence-corrected chi connectivity index (χ1v) is 9.11. The van der Waals surface area contributed by atoms with Gasteiger partial charge in [-0.25, -0.2) is 0 Å². The molecule has 5 nitrogen and oxygen atoms in total. The van der Waals surface area contributed by atoms with Gasteiger partial charge in [-0.2, -0.15) is 0 Å². The summed E-state index contributed by atoms with van der Waals surface area (Å²) in [6.45, 7) is 3.14. The predicted octanol–water partition coefficient (Wildman–Crippen LogP) is 3.25. The Morgan fingerprint density at radius 2 is 1.88 bits per heavy atom. The van der Waals surface area contributed by atoms with Crippen molar-refractivity contribution >= 4 is 23.2 Å². The van der Waals surface area contributed by atoms with Crippen molar-refractivity contribution in [2.75, 3.05) is 23.4 Å². The molecule has 4 rings (SSSR count). The Hall–Kier alpha value is -2.82. The van der Waals surface area contributed by atoms with E-state index in [1.807, 2.05) is 54.3 Å². The highest BCUT2D eigenvalue weighted by molar-refractivity contribution is 6.05. The number of para-hydroxylation sites is 3. The number of nitrogens with one attached hydrogen (secondary N) is 1. The lowest BCUT2D eigenvalue weighted by molar-refractivity contribution is -0.123. The number of rotatable bonds is 5. The third-order valence-electron chi connectivity index (χ3n) is 5.04. The number of hydrogen-bond acceptors (Lipinski definition) is 3. The van der Waals surface area contributed by atoms with E-state index in [9.17, 15) is 9.59 Å². The Bertz CT molecular complexity index is 849. The number of fused-ring (bicyclic) bond motifs is 1. The number of carbonyl (C=O) groups excluding carboxylic acids is 2. The van der Waals surface area contributed by atoms with E-state index < -0.39 is 0 Å². The van der Waals surface area contributed by atoms with Gasteiger partial charge in [-0.1, -0.05) is 30.3 Å². The third-order valence-corrected chi connectivity index (χ3v) is 5.04. The quantitative estimate of drug-likeness (QED) is 0.900. The van der Waals surface area contributed by atoms with Crippen molar-refractivity contribution in [2.45, 2.75) is 19.8 Å². The molecule has 1 aliphatic heterocycles.